The van der Waals surface area contributed by atoms with Crippen molar-refractivity contribution < 1.29 is 0 Å². The van der Waals surface area contributed by atoms with Crippen molar-refractivity contribution >= 4 is 22.4 Å². The van der Waals surface area contributed by atoms with Crippen LogP contribution in [0.4, 0.5) is 0 Å². The molecule has 0 spiro atoms. The van der Waals surface area contributed by atoms with Crippen molar-refractivity contribution in [1.82, 2.24) is 14.5 Å². The number of fused-ring (bicyclic) bond motifs is 1. The van der Waals surface area contributed by atoms with Crippen LogP contribution in [0.1, 0.15) is 30.7 Å². The lowest BCUT2D eigenvalue weighted by Gasteiger charge is -2.26. The lowest BCUT2D eigenvalue weighted by molar-refractivity contribution is 0.221. The van der Waals surface area contributed by atoms with Crippen molar-refractivity contribution in [3.63, 3.8) is 0 Å². The molecule has 3 nitrogen and oxygen atoms in total. The summed E-state index contributed by atoms with van der Waals surface area (Å²) in [6, 6.07) is 10.7. The molecule has 0 atom stereocenters. The van der Waals surface area contributed by atoms with E-state index in [2.05, 4.69) is 50.6 Å². The molecule has 3 heterocycles. The maximum absolute atomic E-state index is 4.90. The largest absolute Gasteiger partial charge is 0.326 e. The molecule has 0 bridgehead atoms. The number of benzene rings is 1. The van der Waals surface area contributed by atoms with E-state index in [1.165, 1.54) is 49.3 Å². The molecule has 1 aliphatic rings. The predicted molar refractivity (Wildman–Crippen MR) is 97.1 cm³/mol. The van der Waals surface area contributed by atoms with Gasteiger partial charge in [0.15, 0.2) is 0 Å². The van der Waals surface area contributed by atoms with Crippen molar-refractivity contribution in [3.05, 3.63) is 52.5 Å². The van der Waals surface area contributed by atoms with Crippen LogP contribution in [0, 0.1) is 0 Å². The summed E-state index contributed by atoms with van der Waals surface area (Å²) in [6.07, 6.45) is 5.03. The second kappa shape index (κ2) is 6.85. The summed E-state index contributed by atoms with van der Waals surface area (Å²) in [4.78, 5) is 7.50. The fourth-order valence-corrected chi connectivity index (χ4v) is 4.18. The van der Waals surface area contributed by atoms with Gasteiger partial charge >= 0.3 is 0 Å². The third kappa shape index (κ3) is 3.33. The number of aromatic nitrogens is 2. The first-order chi connectivity index (χ1) is 11.4. The summed E-state index contributed by atoms with van der Waals surface area (Å²) in [6.45, 7) is 4.69. The minimum absolute atomic E-state index is 0.929. The molecule has 1 aromatic carbocycles. The van der Waals surface area contributed by atoms with E-state index in [1.807, 2.05) is 0 Å². The topological polar surface area (TPSA) is 21.1 Å². The Morgan fingerprint density at radius 2 is 1.87 bits per heavy atom. The molecular formula is C19H23N3S. The maximum Gasteiger partial charge on any atom is 0.114 e. The Morgan fingerprint density at radius 1 is 1.00 bits per heavy atom. The zero-order valence-electron chi connectivity index (χ0n) is 13.4. The van der Waals surface area contributed by atoms with E-state index >= 15 is 0 Å². The monoisotopic (exact) mass is 325 g/mol. The first-order valence-electron chi connectivity index (χ1n) is 8.58. The summed E-state index contributed by atoms with van der Waals surface area (Å²) in [5, 5.41) is 4.38. The van der Waals surface area contributed by atoms with Crippen LogP contribution in [0.15, 0.2) is 41.1 Å². The summed E-state index contributed by atoms with van der Waals surface area (Å²) in [5.74, 6) is 1.20. The number of hydrogen-bond donors (Lipinski definition) is 0. The Balaban J connectivity index is 1.59. The lowest BCUT2D eigenvalue weighted by Crippen LogP contribution is -2.32. The highest BCUT2D eigenvalue weighted by atomic mass is 32.1. The highest BCUT2D eigenvalue weighted by molar-refractivity contribution is 7.07. The fraction of sp³-hybridized carbons (Fsp3) is 0.421. The van der Waals surface area contributed by atoms with Crippen molar-refractivity contribution in [2.75, 3.05) is 19.6 Å². The summed E-state index contributed by atoms with van der Waals surface area (Å²) in [5.41, 5.74) is 3.76. The highest BCUT2D eigenvalue weighted by Gasteiger charge is 2.14. The van der Waals surface area contributed by atoms with E-state index in [9.17, 15) is 0 Å². The van der Waals surface area contributed by atoms with Gasteiger partial charge in [0.05, 0.1) is 11.0 Å². The van der Waals surface area contributed by atoms with Gasteiger partial charge in [-0.1, -0.05) is 18.6 Å². The number of rotatable bonds is 5. The average Bonchev–Trinajstić information content (AvgIpc) is 3.22. The van der Waals surface area contributed by atoms with Crippen LogP contribution in [0.2, 0.25) is 0 Å². The first-order valence-corrected chi connectivity index (χ1v) is 9.52. The second-order valence-corrected chi connectivity index (χ2v) is 7.16. The molecule has 3 aromatic rings. The Hall–Kier alpha value is -1.65. The van der Waals surface area contributed by atoms with Gasteiger partial charge in [0.2, 0.25) is 0 Å². The molecule has 1 fully saturated rings. The van der Waals surface area contributed by atoms with E-state index < -0.39 is 0 Å². The number of piperidine rings is 1. The third-order valence-corrected chi connectivity index (χ3v) is 5.50. The van der Waals surface area contributed by atoms with Crippen LogP contribution in [-0.4, -0.2) is 34.1 Å². The van der Waals surface area contributed by atoms with Gasteiger partial charge in [0.25, 0.3) is 0 Å². The zero-order valence-corrected chi connectivity index (χ0v) is 14.3. The van der Waals surface area contributed by atoms with Crippen LogP contribution < -0.4 is 0 Å². The number of likely N-dealkylation sites (tertiary alicyclic amines) is 1. The molecule has 120 valence electrons. The van der Waals surface area contributed by atoms with E-state index in [4.69, 9.17) is 4.98 Å². The van der Waals surface area contributed by atoms with Gasteiger partial charge in [0.1, 0.15) is 5.82 Å². The summed E-state index contributed by atoms with van der Waals surface area (Å²) in [7, 11) is 0. The van der Waals surface area contributed by atoms with E-state index in [0.29, 0.717) is 0 Å². The van der Waals surface area contributed by atoms with Crippen LogP contribution in [0.5, 0.6) is 0 Å². The van der Waals surface area contributed by atoms with Crippen molar-refractivity contribution in [1.29, 1.82) is 0 Å². The lowest BCUT2D eigenvalue weighted by atomic mass is 10.1. The van der Waals surface area contributed by atoms with Gasteiger partial charge < -0.3 is 9.47 Å². The quantitative estimate of drug-likeness (QED) is 0.702. The van der Waals surface area contributed by atoms with E-state index in [1.54, 1.807) is 11.3 Å². The molecule has 0 amide bonds. The molecule has 23 heavy (non-hydrogen) atoms. The Bertz CT molecular complexity index is 754. The molecule has 0 radical (unpaired) electrons. The van der Waals surface area contributed by atoms with Crippen LogP contribution >= 0.6 is 11.3 Å². The molecule has 4 rings (SSSR count). The number of thiophene rings is 1. The molecule has 0 N–H and O–H groups in total. The van der Waals surface area contributed by atoms with Crippen molar-refractivity contribution in [2.45, 2.75) is 32.2 Å². The summed E-state index contributed by atoms with van der Waals surface area (Å²) >= 11 is 1.76. The molecule has 1 saturated heterocycles. The molecular weight excluding hydrogens is 302 g/mol. The number of para-hydroxylation sites is 2. The highest BCUT2D eigenvalue weighted by Crippen LogP contribution is 2.20. The Morgan fingerprint density at radius 3 is 2.70 bits per heavy atom. The minimum atomic E-state index is 0.929. The zero-order chi connectivity index (χ0) is 15.5. The van der Waals surface area contributed by atoms with Crippen molar-refractivity contribution in [2.24, 2.45) is 0 Å². The van der Waals surface area contributed by atoms with E-state index in [-0.39, 0.29) is 0 Å². The minimum Gasteiger partial charge on any atom is -0.326 e. The fourth-order valence-electron chi connectivity index (χ4n) is 3.51. The normalized spacial score (nSPS) is 16.2. The third-order valence-electron chi connectivity index (χ3n) is 4.76. The molecule has 0 aliphatic carbocycles. The predicted octanol–water partition coefficient (Wildman–Crippen LogP) is 4.17. The van der Waals surface area contributed by atoms with Gasteiger partial charge in [-0.05, 0) is 60.5 Å². The second-order valence-electron chi connectivity index (χ2n) is 6.38. The van der Waals surface area contributed by atoms with Crippen molar-refractivity contribution in [3.8, 4) is 0 Å². The maximum atomic E-state index is 4.90. The van der Waals surface area contributed by atoms with Crippen LogP contribution in [0.3, 0.4) is 0 Å². The molecule has 1 aliphatic heterocycles. The van der Waals surface area contributed by atoms with Gasteiger partial charge in [0, 0.05) is 19.5 Å². The molecule has 4 heteroatoms. The standard InChI is InChI=1S/C19H23N3S/c1-4-9-21(10-5-1)11-12-22-18-7-3-2-6-17(18)20-19(22)14-16-8-13-23-15-16/h2-3,6-8,13,15H,1,4-5,9-12,14H2. The van der Waals surface area contributed by atoms with E-state index in [0.717, 1.165) is 25.0 Å². The van der Waals surface area contributed by atoms with Crippen LogP contribution in [-0.2, 0) is 13.0 Å². The van der Waals surface area contributed by atoms with Gasteiger partial charge in [-0.2, -0.15) is 11.3 Å². The first kappa shape index (κ1) is 14.9. The van der Waals surface area contributed by atoms with Gasteiger partial charge in [-0.3, -0.25) is 0 Å². The SMILES string of the molecule is c1ccc2c(c1)nc(Cc1ccsc1)n2CCN1CCCCC1. The Labute approximate surface area is 141 Å². The van der Waals surface area contributed by atoms with Gasteiger partial charge in [-0.25, -0.2) is 4.98 Å². The number of imidazole rings is 1. The molecule has 0 unspecified atom stereocenters. The molecule has 2 aromatic heterocycles. The molecule has 0 saturated carbocycles. The summed E-state index contributed by atoms with van der Waals surface area (Å²) < 4.78 is 2.43. The van der Waals surface area contributed by atoms with Crippen LogP contribution in [0.25, 0.3) is 11.0 Å². The smallest absolute Gasteiger partial charge is 0.114 e. The average molecular weight is 325 g/mol. The number of hydrogen-bond acceptors (Lipinski definition) is 3. The Kier molecular flexibility index (Phi) is 4.44. The van der Waals surface area contributed by atoms with Gasteiger partial charge in [-0.15, -0.1) is 0 Å². The number of nitrogens with zero attached hydrogens (tertiary/aromatic N) is 3.